The van der Waals surface area contributed by atoms with Gasteiger partial charge in [-0.25, -0.2) is 4.98 Å². The van der Waals surface area contributed by atoms with Crippen molar-refractivity contribution in [2.45, 2.75) is 6.92 Å². The molecular weight excluding hydrogens is 336 g/mol. The van der Waals surface area contributed by atoms with E-state index in [1.165, 1.54) is 0 Å². The van der Waals surface area contributed by atoms with E-state index in [1.807, 2.05) is 43.3 Å². The molecule has 0 atom stereocenters. The number of pyridine rings is 1. The number of aromatic nitrogens is 1. The second-order valence-electron chi connectivity index (χ2n) is 5.56. The van der Waals surface area contributed by atoms with Crippen LogP contribution in [0.1, 0.15) is 16.7 Å². The number of nitrogens with one attached hydrogen (secondary N) is 1. The Kier molecular flexibility index (Phi) is 4.86. The third-order valence-corrected chi connectivity index (χ3v) is 4.10. The maximum absolute atomic E-state index is 9.50. The second-order valence-corrected chi connectivity index (χ2v) is 5.97. The van der Waals surface area contributed by atoms with Gasteiger partial charge in [0.15, 0.2) is 0 Å². The highest BCUT2D eigenvalue weighted by Gasteiger charge is 2.14. The van der Waals surface area contributed by atoms with Crippen molar-refractivity contribution in [1.82, 2.24) is 4.98 Å². The molecule has 6 heteroatoms. The minimum Gasteiger partial charge on any atom is -0.410 e. The van der Waals surface area contributed by atoms with Gasteiger partial charge in [0.1, 0.15) is 11.5 Å². The van der Waals surface area contributed by atoms with Gasteiger partial charge < -0.3 is 16.3 Å². The third kappa shape index (κ3) is 3.72. The fourth-order valence-electron chi connectivity index (χ4n) is 2.50. The maximum Gasteiger partial charge on any atom is 0.130 e. The smallest absolute Gasteiger partial charge is 0.130 e. The van der Waals surface area contributed by atoms with Gasteiger partial charge in [-0.15, -0.1) is 0 Å². The van der Waals surface area contributed by atoms with Crippen molar-refractivity contribution in [1.29, 1.82) is 0 Å². The highest BCUT2D eigenvalue weighted by Crippen LogP contribution is 2.26. The molecule has 25 heavy (non-hydrogen) atoms. The minimum atomic E-state index is 0.431. The number of halogens is 1. The molecule has 5 nitrogen and oxygen atoms in total. The van der Waals surface area contributed by atoms with E-state index in [9.17, 15) is 5.21 Å². The highest BCUT2D eigenvalue weighted by molar-refractivity contribution is 6.35. The first-order valence-corrected chi connectivity index (χ1v) is 8.03. The Balaban J connectivity index is 1.91. The summed E-state index contributed by atoms with van der Waals surface area (Å²) >= 11 is 6.42. The van der Waals surface area contributed by atoms with Crippen molar-refractivity contribution in [3.8, 4) is 0 Å². The molecule has 3 rings (SSSR count). The Labute approximate surface area is 150 Å². The summed E-state index contributed by atoms with van der Waals surface area (Å²) in [7, 11) is 0. The fourth-order valence-corrected chi connectivity index (χ4v) is 2.77. The Bertz CT molecular complexity index is 923. The largest absolute Gasteiger partial charge is 0.410 e. The molecule has 0 fully saturated rings. The molecule has 0 saturated carbocycles. The second kappa shape index (κ2) is 7.23. The van der Waals surface area contributed by atoms with Crippen LogP contribution in [0.15, 0.2) is 65.9 Å². The van der Waals surface area contributed by atoms with Gasteiger partial charge in [0.05, 0.1) is 16.9 Å². The normalized spacial score (nSPS) is 11.4. The third-order valence-electron chi connectivity index (χ3n) is 3.78. The van der Waals surface area contributed by atoms with E-state index < -0.39 is 0 Å². The molecule has 0 saturated heterocycles. The van der Waals surface area contributed by atoms with Crippen LogP contribution in [0, 0.1) is 6.92 Å². The zero-order valence-corrected chi connectivity index (χ0v) is 14.3. The highest BCUT2D eigenvalue weighted by atomic mass is 35.5. The fraction of sp³-hybridized carbons (Fsp3) is 0.0526. The molecule has 1 aromatic heterocycles. The quantitative estimate of drug-likeness (QED) is 0.364. The van der Waals surface area contributed by atoms with Crippen molar-refractivity contribution in [3.05, 3.63) is 82.5 Å². The number of hydrogen-bond acceptors (Lipinski definition) is 5. The average Bonchev–Trinajstić information content (AvgIpc) is 2.61. The molecule has 0 radical (unpaired) electrons. The molecule has 0 unspecified atom stereocenters. The molecule has 0 aliphatic carbocycles. The van der Waals surface area contributed by atoms with Gasteiger partial charge in [-0.1, -0.05) is 41.0 Å². The molecule has 1 heterocycles. The minimum absolute atomic E-state index is 0.431. The predicted molar refractivity (Wildman–Crippen MR) is 102 cm³/mol. The van der Waals surface area contributed by atoms with E-state index in [-0.39, 0.29) is 0 Å². The number of benzene rings is 2. The summed E-state index contributed by atoms with van der Waals surface area (Å²) in [4.78, 5) is 4.19. The molecule has 0 aliphatic rings. The molecule has 4 N–H and O–H groups in total. The van der Waals surface area contributed by atoms with Gasteiger partial charge in [-0.2, -0.15) is 0 Å². The molecule has 2 aromatic carbocycles. The van der Waals surface area contributed by atoms with Crippen LogP contribution >= 0.6 is 11.6 Å². The number of aryl methyl sites for hydroxylation is 1. The van der Waals surface area contributed by atoms with Gasteiger partial charge >= 0.3 is 0 Å². The zero-order chi connectivity index (χ0) is 17.8. The zero-order valence-electron chi connectivity index (χ0n) is 13.6. The SMILES string of the molecule is Cc1ccccc1C(=NO)c1ccc(Nc2ccc(N)cn2)cc1Cl. The van der Waals surface area contributed by atoms with Gasteiger partial charge in [0, 0.05) is 16.8 Å². The summed E-state index contributed by atoms with van der Waals surface area (Å²) in [5, 5.41) is 16.6. The first-order chi connectivity index (χ1) is 12.1. The molecule has 0 bridgehead atoms. The van der Waals surface area contributed by atoms with Crippen LogP contribution in [-0.4, -0.2) is 15.9 Å². The summed E-state index contributed by atoms with van der Waals surface area (Å²) in [5.41, 5.74) is 9.91. The Morgan fingerprint density at radius 2 is 1.92 bits per heavy atom. The monoisotopic (exact) mass is 352 g/mol. The number of anilines is 3. The summed E-state index contributed by atoms with van der Waals surface area (Å²) in [5.74, 6) is 0.660. The summed E-state index contributed by atoms with van der Waals surface area (Å²) in [6, 6.07) is 16.6. The predicted octanol–water partition coefficient (Wildman–Crippen LogP) is 4.60. The molecular formula is C19H17ClN4O. The molecule has 0 amide bonds. The van der Waals surface area contributed by atoms with Gasteiger partial charge in [-0.3, -0.25) is 0 Å². The standard InChI is InChI=1S/C19H17ClN4O/c1-12-4-2-3-5-15(12)19(24-25)16-8-7-14(10-17(16)20)23-18-9-6-13(21)11-22-18/h2-11,25H,21H2,1H3,(H,22,23). The van der Waals surface area contributed by atoms with Crippen molar-refractivity contribution < 1.29 is 5.21 Å². The number of oxime groups is 1. The Morgan fingerprint density at radius 1 is 1.12 bits per heavy atom. The van der Waals surface area contributed by atoms with Gasteiger partial charge in [0.25, 0.3) is 0 Å². The summed E-state index contributed by atoms with van der Waals surface area (Å²) in [6.45, 7) is 1.96. The number of nitrogens with zero attached hydrogens (tertiary/aromatic N) is 2. The van der Waals surface area contributed by atoms with Crippen molar-refractivity contribution in [3.63, 3.8) is 0 Å². The lowest BCUT2D eigenvalue weighted by atomic mass is 9.98. The van der Waals surface area contributed by atoms with E-state index in [0.717, 1.165) is 16.8 Å². The van der Waals surface area contributed by atoms with Crippen molar-refractivity contribution >= 4 is 34.5 Å². The van der Waals surface area contributed by atoms with Crippen LogP contribution in [0.2, 0.25) is 5.02 Å². The van der Waals surface area contributed by atoms with Crippen LogP contribution in [0.25, 0.3) is 0 Å². The number of rotatable bonds is 4. The van der Waals surface area contributed by atoms with E-state index >= 15 is 0 Å². The summed E-state index contributed by atoms with van der Waals surface area (Å²) < 4.78 is 0. The lowest BCUT2D eigenvalue weighted by Crippen LogP contribution is -2.06. The van der Waals surface area contributed by atoms with E-state index in [1.54, 1.807) is 24.4 Å². The number of nitrogens with two attached hydrogens (primary N) is 1. The van der Waals surface area contributed by atoms with Crippen LogP contribution < -0.4 is 11.1 Å². The first kappa shape index (κ1) is 16.8. The number of nitrogen functional groups attached to an aromatic ring is 1. The lowest BCUT2D eigenvalue weighted by molar-refractivity contribution is 0.319. The van der Waals surface area contributed by atoms with Crippen LogP contribution in [0.3, 0.4) is 0 Å². The topological polar surface area (TPSA) is 83.5 Å². The van der Waals surface area contributed by atoms with Gasteiger partial charge in [0.2, 0.25) is 0 Å². The first-order valence-electron chi connectivity index (χ1n) is 7.65. The van der Waals surface area contributed by atoms with Crippen LogP contribution in [0.4, 0.5) is 17.2 Å². The Hall–Kier alpha value is -3.05. The van der Waals surface area contributed by atoms with Gasteiger partial charge in [-0.05, 0) is 42.8 Å². The van der Waals surface area contributed by atoms with E-state index in [0.29, 0.717) is 27.8 Å². The number of hydrogen-bond donors (Lipinski definition) is 3. The summed E-state index contributed by atoms with van der Waals surface area (Å²) in [6.07, 6.45) is 1.58. The van der Waals surface area contributed by atoms with E-state index in [2.05, 4.69) is 15.5 Å². The van der Waals surface area contributed by atoms with Crippen LogP contribution in [0.5, 0.6) is 0 Å². The van der Waals surface area contributed by atoms with Crippen molar-refractivity contribution in [2.24, 2.45) is 5.16 Å². The van der Waals surface area contributed by atoms with Crippen LogP contribution in [-0.2, 0) is 0 Å². The molecule has 0 aliphatic heterocycles. The molecule has 3 aromatic rings. The molecule has 0 spiro atoms. The van der Waals surface area contributed by atoms with Crippen molar-refractivity contribution in [2.75, 3.05) is 11.1 Å². The van der Waals surface area contributed by atoms with E-state index in [4.69, 9.17) is 17.3 Å². The lowest BCUT2D eigenvalue weighted by Gasteiger charge is -2.12. The Morgan fingerprint density at radius 3 is 2.56 bits per heavy atom. The average molecular weight is 353 g/mol. The maximum atomic E-state index is 9.50. The molecule has 126 valence electrons.